The Labute approximate surface area is 147 Å². The number of rotatable bonds is 2. The Bertz CT molecular complexity index is 540. The van der Waals surface area contributed by atoms with E-state index in [1.807, 2.05) is 11.0 Å². The molecule has 0 fully saturated rings. The Morgan fingerprint density at radius 2 is 1.72 bits per heavy atom. The number of ether oxygens (including phenoxy) is 5. The maximum absolute atomic E-state index is 11.8. The third-order valence-corrected chi connectivity index (χ3v) is 3.61. The summed E-state index contributed by atoms with van der Waals surface area (Å²) in [6, 6.07) is 5.34. The van der Waals surface area contributed by atoms with Crippen molar-refractivity contribution in [3.05, 3.63) is 18.2 Å². The molecule has 0 saturated carbocycles. The molecule has 2 N–H and O–H groups in total. The third-order valence-electron chi connectivity index (χ3n) is 3.61. The van der Waals surface area contributed by atoms with E-state index in [4.69, 9.17) is 29.4 Å². The molecule has 0 spiro atoms. The molecule has 140 valence electrons. The van der Waals surface area contributed by atoms with Crippen molar-refractivity contribution >= 4 is 17.3 Å². The van der Waals surface area contributed by atoms with Crippen LogP contribution >= 0.6 is 0 Å². The second-order valence-electron chi connectivity index (χ2n) is 5.41. The van der Waals surface area contributed by atoms with Crippen LogP contribution in [-0.2, 0) is 23.7 Å². The number of fused-ring (bicyclic) bond motifs is 1. The fourth-order valence-corrected chi connectivity index (χ4v) is 2.34. The Balaban J connectivity index is 2.16. The zero-order valence-corrected chi connectivity index (χ0v) is 14.6. The maximum atomic E-state index is 11.8. The molecule has 0 aromatic heterocycles. The molecule has 8 heteroatoms. The highest BCUT2D eigenvalue weighted by molar-refractivity contribution is 5.77. The summed E-state index contributed by atoms with van der Waals surface area (Å²) in [4.78, 5) is 13.6. The molecule has 0 atom stereocenters. The average molecular weight is 354 g/mol. The molecule has 0 amide bonds. The number of hydrogen-bond acceptors (Lipinski definition) is 8. The molecule has 1 aliphatic rings. The summed E-state index contributed by atoms with van der Waals surface area (Å²) in [7, 11) is 1.36. The Morgan fingerprint density at radius 3 is 2.40 bits per heavy atom. The summed E-state index contributed by atoms with van der Waals surface area (Å²) in [6.07, 6.45) is 0. The van der Waals surface area contributed by atoms with Crippen LogP contribution < -0.4 is 15.4 Å². The first kappa shape index (κ1) is 19.3. The first-order valence-corrected chi connectivity index (χ1v) is 8.28. The number of benzene rings is 1. The number of esters is 1. The van der Waals surface area contributed by atoms with Gasteiger partial charge in [0.15, 0.2) is 0 Å². The van der Waals surface area contributed by atoms with Gasteiger partial charge in [0, 0.05) is 18.3 Å². The Morgan fingerprint density at radius 1 is 1.08 bits per heavy atom. The summed E-state index contributed by atoms with van der Waals surface area (Å²) in [5.41, 5.74) is 7.22. The van der Waals surface area contributed by atoms with E-state index >= 15 is 0 Å². The lowest BCUT2D eigenvalue weighted by molar-refractivity contribution is -0.139. The molecule has 0 aliphatic carbocycles. The molecule has 0 saturated heterocycles. The molecule has 0 bridgehead atoms. The quantitative estimate of drug-likeness (QED) is 0.613. The smallest absolute Gasteiger partial charge is 0.325 e. The normalized spacial score (nSPS) is 17.6. The summed E-state index contributed by atoms with van der Waals surface area (Å²) >= 11 is 0. The second-order valence-corrected chi connectivity index (χ2v) is 5.41. The minimum absolute atomic E-state index is 0.0904. The fourth-order valence-electron chi connectivity index (χ4n) is 2.34. The van der Waals surface area contributed by atoms with Gasteiger partial charge < -0.3 is 34.3 Å². The highest BCUT2D eigenvalue weighted by atomic mass is 16.6. The molecule has 0 unspecified atom stereocenters. The summed E-state index contributed by atoms with van der Waals surface area (Å²) < 4.78 is 27.0. The van der Waals surface area contributed by atoms with E-state index in [1.165, 1.54) is 7.11 Å². The highest BCUT2D eigenvalue weighted by Crippen LogP contribution is 2.30. The van der Waals surface area contributed by atoms with Gasteiger partial charge in [-0.3, -0.25) is 4.79 Å². The standard InChI is InChI=1S/C17H26N2O6/c1-21-17(20)13-19-4-5-22-6-7-23-8-9-24-10-11-25-16-12-14(18)2-3-15(16)19/h2-3,12H,4-11,13,18H2,1H3. The number of nitrogen functional groups attached to an aromatic ring is 1. The van der Waals surface area contributed by atoms with Crippen molar-refractivity contribution in [3.8, 4) is 5.75 Å². The van der Waals surface area contributed by atoms with Gasteiger partial charge >= 0.3 is 5.97 Å². The van der Waals surface area contributed by atoms with Crippen LogP contribution in [0.25, 0.3) is 0 Å². The molecule has 1 aromatic rings. The minimum atomic E-state index is -0.340. The highest BCUT2D eigenvalue weighted by Gasteiger charge is 2.17. The predicted molar refractivity (Wildman–Crippen MR) is 93.0 cm³/mol. The summed E-state index contributed by atoms with van der Waals surface area (Å²) in [5, 5.41) is 0. The number of carbonyl (C=O) groups excluding carboxylic acids is 1. The van der Waals surface area contributed by atoms with Crippen molar-refractivity contribution in [3.63, 3.8) is 0 Å². The predicted octanol–water partition coefficient (Wildman–Crippen LogP) is 0.690. The van der Waals surface area contributed by atoms with Crippen molar-refractivity contribution in [1.82, 2.24) is 0 Å². The molecule has 25 heavy (non-hydrogen) atoms. The number of carbonyl (C=O) groups is 1. The SMILES string of the molecule is COC(=O)CN1CCOCCOCCOCCOc2cc(N)ccc21. The van der Waals surface area contributed by atoms with Crippen LogP contribution in [0.5, 0.6) is 5.75 Å². The van der Waals surface area contributed by atoms with Gasteiger partial charge in [0.25, 0.3) is 0 Å². The number of hydrogen-bond donors (Lipinski definition) is 1. The Kier molecular flexibility index (Phi) is 8.30. The van der Waals surface area contributed by atoms with Gasteiger partial charge in [-0.1, -0.05) is 0 Å². The van der Waals surface area contributed by atoms with E-state index in [0.717, 1.165) is 5.69 Å². The molecule has 1 aromatic carbocycles. The zero-order chi connectivity index (χ0) is 17.9. The van der Waals surface area contributed by atoms with E-state index < -0.39 is 0 Å². The van der Waals surface area contributed by atoms with Gasteiger partial charge in [0.2, 0.25) is 0 Å². The lowest BCUT2D eigenvalue weighted by Gasteiger charge is -2.26. The van der Waals surface area contributed by atoms with E-state index in [2.05, 4.69) is 0 Å². The van der Waals surface area contributed by atoms with Crippen LogP contribution in [0.1, 0.15) is 0 Å². The zero-order valence-electron chi connectivity index (χ0n) is 14.6. The van der Waals surface area contributed by atoms with Crippen LogP contribution in [0, 0.1) is 0 Å². The summed E-state index contributed by atoms with van der Waals surface area (Å²) in [6.45, 7) is 3.86. The molecule has 8 nitrogen and oxygen atoms in total. The largest absolute Gasteiger partial charge is 0.489 e. The molecule has 1 aliphatic heterocycles. The van der Waals surface area contributed by atoms with Crippen LogP contribution in [0.2, 0.25) is 0 Å². The van der Waals surface area contributed by atoms with Crippen LogP contribution in [-0.4, -0.2) is 72.4 Å². The van der Waals surface area contributed by atoms with Gasteiger partial charge in [-0.25, -0.2) is 0 Å². The van der Waals surface area contributed by atoms with Crippen LogP contribution in [0.3, 0.4) is 0 Å². The molecular weight excluding hydrogens is 328 g/mol. The van der Waals surface area contributed by atoms with Crippen molar-refractivity contribution in [2.24, 2.45) is 0 Å². The monoisotopic (exact) mass is 354 g/mol. The number of anilines is 2. The topological polar surface area (TPSA) is 92.5 Å². The number of nitrogens with zero attached hydrogens (tertiary/aromatic N) is 1. The van der Waals surface area contributed by atoms with Gasteiger partial charge in [-0.2, -0.15) is 0 Å². The molecule has 0 radical (unpaired) electrons. The maximum Gasteiger partial charge on any atom is 0.325 e. The average Bonchev–Trinajstić information content (AvgIpc) is 2.61. The minimum Gasteiger partial charge on any atom is -0.489 e. The van der Waals surface area contributed by atoms with Crippen molar-refractivity contribution in [2.45, 2.75) is 0 Å². The van der Waals surface area contributed by atoms with E-state index in [9.17, 15) is 4.79 Å². The fraction of sp³-hybridized carbons (Fsp3) is 0.588. The molecular formula is C17H26N2O6. The second kappa shape index (κ2) is 10.8. The number of nitrogens with two attached hydrogens (primary N) is 1. The van der Waals surface area contributed by atoms with Crippen molar-refractivity contribution in [2.75, 3.05) is 77.1 Å². The van der Waals surface area contributed by atoms with E-state index in [0.29, 0.717) is 64.2 Å². The van der Waals surface area contributed by atoms with Crippen LogP contribution in [0.15, 0.2) is 18.2 Å². The Hall–Kier alpha value is -2.03. The van der Waals surface area contributed by atoms with Crippen molar-refractivity contribution in [1.29, 1.82) is 0 Å². The van der Waals surface area contributed by atoms with E-state index in [-0.39, 0.29) is 12.5 Å². The van der Waals surface area contributed by atoms with Gasteiger partial charge in [-0.05, 0) is 12.1 Å². The lowest BCUT2D eigenvalue weighted by atomic mass is 10.2. The first-order valence-electron chi connectivity index (χ1n) is 8.28. The first-order chi connectivity index (χ1) is 12.2. The van der Waals surface area contributed by atoms with Gasteiger partial charge in [-0.15, -0.1) is 0 Å². The van der Waals surface area contributed by atoms with Gasteiger partial charge in [0.1, 0.15) is 18.9 Å². The summed E-state index contributed by atoms with van der Waals surface area (Å²) in [5.74, 6) is 0.256. The number of methoxy groups -OCH3 is 1. The van der Waals surface area contributed by atoms with E-state index in [1.54, 1.807) is 12.1 Å². The van der Waals surface area contributed by atoms with Crippen LogP contribution in [0.4, 0.5) is 11.4 Å². The van der Waals surface area contributed by atoms with Crippen molar-refractivity contribution < 1.29 is 28.5 Å². The third kappa shape index (κ3) is 6.77. The van der Waals surface area contributed by atoms with Gasteiger partial charge in [0.05, 0.1) is 52.4 Å². The lowest BCUT2D eigenvalue weighted by Crippen LogP contribution is -2.34. The molecule has 1 heterocycles. The molecule has 2 rings (SSSR count).